The van der Waals surface area contributed by atoms with Gasteiger partial charge in [0.2, 0.25) is 0 Å². The first kappa shape index (κ1) is 12.1. The number of thiophene rings is 1. The number of nitrogens with one attached hydrogen (secondary N) is 3. The van der Waals surface area contributed by atoms with Crippen molar-refractivity contribution in [3.8, 4) is 0 Å². The predicted molar refractivity (Wildman–Crippen MR) is 66.5 cm³/mol. The Morgan fingerprint density at radius 1 is 1.53 bits per heavy atom. The van der Waals surface area contributed by atoms with Crippen molar-refractivity contribution >= 4 is 27.0 Å². The minimum atomic E-state index is -3.51. The van der Waals surface area contributed by atoms with Gasteiger partial charge in [-0.15, -0.1) is 11.3 Å². The molecule has 2 rings (SSSR count). The van der Waals surface area contributed by atoms with Crippen LogP contribution in [-0.4, -0.2) is 25.7 Å². The number of hydrogen-bond donors (Lipinski definition) is 3. The molecular weight excluding hydrogens is 260 g/mol. The van der Waals surface area contributed by atoms with Gasteiger partial charge in [0, 0.05) is 23.0 Å². The molecule has 0 spiro atoms. The molecule has 0 bridgehead atoms. The Hall–Kier alpha value is -1.38. The lowest BCUT2D eigenvalue weighted by atomic mass is 10.5. The summed E-state index contributed by atoms with van der Waals surface area (Å²) in [6.07, 6.45) is 2.90. The first-order valence-electron chi connectivity index (χ1n) is 4.85. The fraction of sp³-hybridized carbons (Fsp3) is 0.222. The van der Waals surface area contributed by atoms with Crippen LogP contribution in [0.1, 0.15) is 4.88 Å². The smallest absolute Gasteiger partial charge is 0.262 e. The summed E-state index contributed by atoms with van der Waals surface area (Å²) < 4.78 is 26.3. The maximum Gasteiger partial charge on any atom is 0.262 e. The quantitative estimate of drug-likeness (QED) is 0.757. The summed E-state index contributed by atoms with van der Waals surface area (Å²) >= 11 is 1.41. The highest BCUT2D eigenvalue weighted by molar-refractivity contribution is 7.92. The van der Waals surface area contributed by atoms with Crippen LogP contribution in [0.3, 0.4) is 0 Å². The minimum absolute atomic E-state index is 0.272. The van der Waals surface area contributed by atoms with Gasteiger partial charge < -0.3 is 5.32 Å². The number of aromatic amines is 1. The van der Waals surface area contributed by atoms with E-state index in [4.69, 9.17) is 0 Å². The number of hydrogen-bond acceptors (Lipinski definition) is 5. The first-order valence-corrected chi connectivity index (χ1v) is 7.22. The number of H-pyrrole nitrogens is 1. The molecule has 2 heterocycles. The SMILES string of the molecule is CNCc1cc(S(=O)(=O)Nc2cn[nH]c2)cs1. The lowest BCUT2D eigenvalue weighted by Crippen LogP contribution is -2.11. The van der Waals surface area contributed by atoms with Crippen LogP contribution in [0.5, 0.6) is 0 Å². The number of sulfonamides is 1. The first-order chi connectivity index (χ1) is 8.12. The van der Waals surface area contributed by atoms with Crippen molar-refractivity contribution in [3.05, 3.63) is 28.7 Å². The summed E-state index contributed by atoms with van der Waals surface area (Å²) in [4.78, 5) is 1.24. The molecule has 0 saturated heterocycles. The third-order valence-electron chi connectivity index (χ3n) is 2.04. The van der Waals surface area contributed by atoms with E-state index in [-0.39, 0.29) is 4.90 Å². The van der Waals surface area contributed by atoms with Crippen LogP contribution in [-0.2, 0) is 16.6 Å². The maximum atomic E-state index is 12.0. The zero-order chi connectivity index (χ0) is 12.3. The number of rotatable bonds is 5. The standard InChI is InChI=1S/C9H12N4O2S2/c1-10-5-8-2-9(6-16-8)17(14,15)13-7-3-11-12-4-7/h2-4,6,10,13H,5H2,1H3,(H,11,12). The molecule has 0 radical (unpaired) electrons. The van der Waals surface area contributed by atoms with Crippen molar-refractivity contribution in [2.24, 2.45) is 0 Å². The number of nitrogens with zero attached hydrogens (tertiary/aromatic N) is 1. The molecule has 17 heavy (non-hydrogen) atoms. The molecule has 0 atom stereocenters. The van der Waals surface area contributed by atoms with Crippen LogP contribution >= 0.6 is 11.3 Å². The molecule has 0 aromatic carbocycles. The van der Waals surface area contributed by atoms with Gasteiger partial charge in [-0.05, 0) is 13.1 Å². The van der Waals surface area contributed by atoms with E-state index in [2.05, 4.69) is 20.2 Å². The van der Waals surface area contributed by atoms with Crippen molar-refractivity contribution in [2.45, 2.75) is 11.4 Å². The van der Waals surface area contributed by atoms with Gasteiger partial charge in [0.25, 0.3) is 10.0 Å². The van der Waals surface area contributed by atoms with Crippen molar-refractivity contribution in [1.82, 2.24) is 15.5 Å². The molecule has 2 aromatic heterocycles. The van der Waals surface area contributed by atoms with Gasteiger partial charge in [-0.2, -0.15) is 5.10 Å². The van der Waals surface area contributed by atoms with Gasteiger partial charge in [-0.25, -0.2) is 8.42 Å². The van der Waals surface area contributed by atoms with Crippen molar-refractivity contribution in [3.63, 3.8) is 0 Å². The van der Waals surface area contributed by atoms with Crippen molar-refractivity contribution in [2.75, 3.05) is 11.8 Å². The summed E-state index contributed by atoms with van der Waals surface area (Å²) in [7, 11) is -1.69. The number of anilines is 1. The van der Waals surface area contributed by atoms with Crippen LogP contribution in [0.15, 0.2) is 28.7 Å². The van der Waals surface area contributed by atoms with Gasteiger partial charge >= 0.3 is 0 Å². The van der Waals surface area contributed by atoms with Crippen LogP contribution in [0.4, 0.5) is 5.69 Å². The average Bonchev–Trinajstić information content (AvgIpc) is 2.88. The highest BCUT2D eigenvalue weighted by Gasteiger charge is 2.16. The highest BCUT2D eigenvalue weighted by atomic mass is 32.2. The summed E-state index contributed by atoms with van der Waals surface area (Å²) in [5.74, 6) is 0. The second kappa shape index (κ2) is 4.86. The normalized spacial score (nSPS) is 11.6. The van der Waals surface area contributed by atoms with Gasteiger partial charge in [0.1, 0.15) is 0 Å². The van der Waals surface area contributed by atoms with E-state index >= 15 is 0 Å². The molecule has 0 saturated carbocycles. The predicted octanol–water partition coefficient (Wildman–Crippen LogP) is 0.991. The Kier molecular flexibility index (Phi) is 3.46. The van der Waals surface area contributed by atoms with Gasteiger partial charge in [0.15, 0.2) is 0 Å². The zero-order valence-electron chi connectivity index (χ0n) is 9.10. The lowest BCUT2D eigenvalue weighted by molar-refractivity contribution is 0.601. The van der Waals surface area contributed by atoms with Crippen LogP contribution < -0.4 is 10.0 Å². The Labute approximate surface area is 103 Å². The molecule has 6 nitrogen and oxygen atoms in total. The van der Waals surface area contributed by atoms with Gasteiger partial charge in [-0.3, -0.25) is 9.82 Å². The summed E-state index contributed by atoms with van der Waals surface area (Å²) in [5.41, 5.74) is 0.423. The molecular formula is C9H12N4O2S2. The monoisotopic (exact) mass is 272 g/mol. The summed E-state index contributed by atoms with van der Waals surface area (Å²) in [5, 5.41) is 10.8. The molecule has 0 amide bonds. The summed E-state index contributed by atoms with van der Waals surface area (Å²) in [6.45, 7) is 0.659. The average molecular weight is 272 g/mol. The largest absolute Gasteiger partial charge is 0.315 e. The Morgan fingerprint density at radius 2 is 2.35 bits per heavy atom. The molecule has 2 aromatic rings. The molecule has 0 fully saturated rings. The Bertz CT molecular complexity index is 574. The summed E-state index contributed by atoms with van der Waals surface area (Å²) in [6, 6.07) is 1.66. The van der Waals surface area contributed by atoms with Crippen LogP contribution in [0, 0.1) is 0 Å². The Balaban J connectivity index is 2.19. The molecule has 0 aliphatic heterocycles. The molecule has 0 aliphatic carbocycles. The van der Waals surface area contributed by atoms with E-state index in [1.54, 1.807) is 11.4 Å². The molecule has 92 valence electrons. The van der Waals surface area contributed by atoms with E-state index < -0.39 is 10.0 Å². The zero-order valence-corrected chi connectivity index (χ0v) is 10.7. The Morgan fingerprint density at radius 3 is 3.00 bits per heavy atom. The molecule has 0 unspecified atom stereocenters. The van der Waals surface area contributed by atoms with Crippen LogP contribution in [0.25, 0.3) is 0 Å². The second-order valence-electron chi connectivity index (χ2n) is 3.37. The van der Waals surface area contributed by atoms with Crippen LogP contribution in [0.2, 0.25) is 0 Å². The van der Waals surface area contributed by atoms with Gasteiger partial charge in [-0.1, -0.05) is 0 Å². The molecule has 8 heteroatoms. The highest BCUT2D eigenvalue weighted by Crippen LogP contribution is 2.21. The van der Waals surface area contributed by atoms with E-state index in [0.717, 1.165) is 4.88 Å². The third-order valence-corrected chi connectivity index (χ3v) is 4.49. The lowest BCUT2D eigenvalue weighted by Gasteiger charge is -2.02. The van der Waals surface area contributed by atoms with E-state index in [0.29, 0.717) is 12.2 Å². The molecule has 3 N–H and O–H groups in total. The van der Waals surface area contributed by atoms with E-state index in [9.17, 15) is 8.42 Å². The minimum Gasteiger partial charge on any atom is -0.315 e. The van der Waals surface area contributed by atoms with Crippen molar-refractivity contribution in [1.29, 1.82) is 0 Å². The topological polar surface area (TPSA) is 86.9 Å². The molecule has 0 aliphatic rings. The van der Waals surface area contributed by atoms with Crippen molar-refractivity contribution < 1.29 is 8.42 Å². The fourth-order valence-electron chi connectivity index (χ4n) is 1.29. The fourth-order valence-corrected chi connectivity index (χ4v) is 3.61. The van der Waals surface area contributed by atoms with E-state index in [1.807, 2.05) is 7.05 Å². The second-order valence-corrected chi connectivity index (χ2v) is 6.05. The van der Waals surface area contributed by atoms with E-state index in [1.165, 1.54) is 23.7 Å². The maximum absolute atomic E-state index is 12.0. The third kappa shape index (κ3) is 2.84. The number of aromatic nitrogens is 2. The van der Waals surface area contributed by atoms with Gasteiger partial charge in [0.05, 0.1) is 16.8 Å².